The first kappa shape index (κ1) is 18.2. The van der Waals surface area contributed by atoms with E-state index in [0.717, 1.165) is 16.7 Å². The second-order valence-corrected chi connectivity index (χ2v) is 5.08. The molecule has 1 aromatic heterocycles. The van der Waals surface area contributed by atoms with Gasteiger partial charge in [-0.05, 0) is 32.0 Å². The molecule has 0 saturated heterocycles. The van der Waals surface area contributed by atoms with Crippen LogP contribution in [0.3, 0.4) is 0 Å². The Bertz CT molecular complexity index is 940. The van der Waals surface area contributed by atoms with E-state index in [1.54, 1.807) is 13.0 Å². The van der Waals surface area contributed by atoms with Gasteiger partial charge in [0.2, 0.25) is 5.88 Å². The van der Waals surface area contributed by atoms with Gasteiger partial charge in [0, 0.05) is 12.1 Å². The zero-order valence-corrected chi connectivity index (χ0v) is 13.3. The van der Waals surface area contributed by atoms with Crippen LogP contribution in [0.25, 0.3) is 0 Å². The van der Waals surface area contributed by atoms with Crippen molar-refractivity contribution in [2.45, 2.75) is 26.6 Å². The number of benzene rings is 1. The third kappa shape index (κ3) is 3.52. The molecule has 0 fully saturated rings. The Morgan fingerprint density at radius 1 is 1.32 bits per heavy atom. The maximum Gasteiger partial charge on any atom is 0.416 e. The van der Waals surface area contributed by atoms with Crippen molar-refractivity contribution in [3.05, 3.63) is 51.3 Å². The van der Waals surface area contributed by atoms with E-state index in [1.165, 1.54) is 19.1 Å². The molecule has 0 aliphatic carbocycles. The Morgan fingerprint density at radius 2 is 2.00 bits per heavy atom. The molecule has 0 spiro atoms. The third-order valence-electron chi connectivity index (χ3n) is 3.52. The second kappa shape index (κ2) is 6.76. The molecular formula is C16H13F3N4O2. The summed E-state index contributed by atoms with van der Waals surface area (Å²) in [5.41, 5.74) is -1.93. The average molecular weight is 350 g/mol. The molecule has 0 amide bonds. The Kier molecular flexibility index (Phi) is 4.92. The van der Waals surface area contributed by atoms with Gasteiger partial charge in [0.25, 0.3) is 5.56 Å². The maximum atomic E-state index is 12.7. The summed E-state index contributed by atoms with van der Waals surface area (Å²) in [5, 5.41) is 26.4. The molecule has 9 heteroatoms. The molecule has 1 N–H and O–H groups in total. The first-order chi connectivity index (χ1) is 11.7. The molecule has 0 aliphatic heterocycles. The summed E-state index contributed by atoms with van der Waals surface area (Å²) in [6.07, 6.45) is -4.52. The number of alkyl halides is 3. The summed E-state index contributed by atoms with van der Waals surface area (Å²) >= 11 is 0. The van der Waals surface area contributed by atoms with Gasteiger partial charge >= 0.3 is 6.18 Å². The van der Waals surface area contributed by atoms with Crippen molar-refractivity contribution < 1.29 is 18.3 Å². The van der Waals surface area contributed by atoms with Crippen LogP contribution in [0.15, 0.2) is 39.3 Å². The molecule has 6 nitrogen and oxygen atoms in total. The molecule has 0 unspecified atom stereocenters. The lowest BCUT2D eigenvalue weighted by molar-refractivity contribution is -0.137. The van der Waals surface area contributed by atoms with Crippen LogP contribution in [-0.4, -0.2) is 9.67 Å². The van der Waals surface area contributed by atoms with Crippen molar-refractivity contribution in [3.8, 4) is 11.9 Å². The number of nitrogens with zero attached hydrogens (tertiary/aromatic N) is 4. The Labute approximate surface area is 140 Å². The molecule has 130 valence electrons. The fourth-order valence-electron chi connectivity index (χ4n) is 2.20. The second-order valence-electron chi connectivity index (χ2n) is 5.08. The summed E-state index contributed by atoms with van der Waals surface area (Å²) in [4.78, 5) is 12.3. The van der Waals surface area contributed by atoms with Gasteiger partial charge in [0.05, 0.1) is 11.3 Å². The summed E-state index contributed by atoms with van der Waals surface area (Å²) in [6, 6.07) is 5.94. The topological polar surface area (TPSA) is 90.7 Å². The number of halogens is 3. The van der Waals surface area contributed by atoms with Gasteiger partial charge in [-0.25, -0.2) is 0 Å². The molecule has 1 aromatic carbocycles. The molecule has 0 atom stereocenters. The smallest absolute Gasteiger partial charge is 0.416 e. The molecule has 0 saturated carbocycles. The monoisotopic (exact) mass is 350 g/mol. The van der Waals surface area contributed by atoms with E-state index in [1.807, 2.05) is 0 Å². The zero-order chi connectivity index (χ0) is 18.8. The molecule has 0 bridgehead atoms. The number of hydrogen-bond acceptors (Lipinski definition) is 5. The first-order valence-corrected chi connectivity index (χ1v) is 7.16. The van der Waals surface area contributed by atoms with Crippen molar-refractivity contribution in [2.75, 3.05) is 0 Å². The molecule has 0 aliphatic rings. The highest BCUT2D eigenvalue weighted by atomic mass is 19.4. The minimum Gasteiger partial charge on any atom is -0.493 e. The summed E-state index contributed by atoms with van der Waals surface area (Å²) in [6.45, 7) is 3.08. The number of pyridine rings is 1. The molecule has 0 radical (unpaired) electrons. The van der Waals surface area contributed by atoms with E-state index < -0.39 is 23.2 Å². The number of aromatic hydroxyl groups is 1. The quantitative estimate of drug-likeness (QED) is 0.842. The minimum atomic E-state index is -4.52. The van der Waals surface area contributed by atoms with Crippen LogP contribution >= 0.6 is 0 Å². The van der Waals surface area contributed by atoms with Crippen molar-refractivity contribution in [1.29, 1.82) is 5.26 Å². The molecule has 25 heavy (non-hydrogen) atoms. The molecule has 2 aromatic rings. The number of azo groups is 1. The number of aromatic nitrogens is 1. The standard InChI is InChI=1S/C16H13F3N4O2/c1-3-23-14(24)12(8-20)9(2)13(15(23)25)22-21-11-6-4-5-10(7-11)16(17,18)19/h4-7,24H,3H2,1-2H3. The van der Waals surface area contributed by atoms with Crippen LogP contribution < -0.4 is 5.56 Å². The van der Waals surface area contributed by atoms with Crippen molar-refractivity contribution in [3.63, 3.8) is 0 Å². The highest BCUT2D eigenvalue weighted by Crippen LogP contribution is 2.32. The average Bonchev–Trinajstić information content (AvgIpc) is 2.55. The predicted octanol–water partition coefficient (Wildman–Crippen LogP) is 4.19. The molecule has 2 rings (SSSR count). The summed E-state index contributed by atoms with van der Waals surface area (Å²) in [5.74, 6) is -0.481. The van der Waals surface area contributed by atoms with Gasteiger partial charge in [0.15, 0.2) is 5.69 Å². The van der Waals surface area contributed by atoms with Crippen LogP contribution in [0.4, 0.5) is 24.5 Å². The van der Waals surface area contributed by atoms with Crippen LogP contribution in [0.2, 0.25) is 0 Å². The van der Waals surface area contributed by atoms with Crippen molar-refractivity contribution in [1.82, 2.24) is 4.57 Å². The van der Waals surface area contributed by atoms with Gasteiger partial charge in [-0.15, -0.1) is 5.11 Å². The lowest BCUT2D eigenvalue weighted by Crippen LogP contribution is -2.20. The van der Waals surface area contributed by atoms with Gasteiger partial charge < -0.3 is 5.11 Å². The van der Waals surface area contributed by atoms with E-state index in [-0.39, 0.29) is 29.0 Å². The minimum absolute atomic E-state index is 0.0890. The number of hydrogen-bond donors (Lipinski definition) is 1. The van der Waals surface area contributed by atoms with Crippen LogP contribution in [0.5, 0.6) is 5.88 Å². The lowest BCUT2D eigenvalue weighted by atomic mass is 10.1. The Hall–Kier alpha value is -3.15. The Morgan fingerprint density at radius 3 is 2.56 bits per heavy atom. The van der Waals surface area contributed by atoms with E-state index in [9.17, 15) is 23.1 Å². The van der Waals surface area contributed by atoms with Crippen molar-refractivity contribution >= 4 is 11.4 Å². The fourth-order valence-corrected chi connectivity index (χ4v) is 2.20. The zero-order valence-electron chi connectivity index (χ0n) is 13.3. The SMILES string of the molecule is CCn1c(O)c(C#N)c(C)c(N=Nc2cccc(C(F)(F)F)c2)c1=O. The maximum absolute atomic E-state index is 12.7. The van der Waals surface area contributed by atoms with E-state index in [0.29, 0.717) is 0 Å². The number of rotatable bonds is 3. The van der Waals surface area contributed by atoms with Gasteiger partial charge in [0.1, 0.15) is 11.6 Å². The van der Waals surface area contributed by atoms with Gasteiger partial charge in [-0.2, -0.15) is 23.5 Å². The molecular weight excluding hydrogens is 337 g/mol. The van der Waals surface area contributed by atoms with E-state index >= 15 is 0 Å². The van der Waals surface area contributed by atoms with Crippen LogP contribution in [-0.2, 0) is 12.7 Å². The Balaban J connectivity index is 2.57. The van der Waals surface area contributed by atoms with E-state index in [4.69, 9.17) is 5.26 Å². The normalized spacial score (nSPS) is 11.7. The predicted molar refractivity (Wildman–Crippen MR) is 83.1 cm³/mol. The van der Waals surface area contributed by atoms with Gasteiger partial charge in [-0.3, -0.25) is 9.36 Å². The number of nitriles is 1. The highest BCUT2D eigenvalue weighted by Gasteiger charge is 2.30. The van der Waals surface area contributed by atoms with Crippen LogP contribution in [0.1, 0.15) is 23.6 Å². The molecule has 1 heterocycles. The third-order valence-corrected chi connectivity index (χ3v) is 3.52. The van der Waals surface area contributed by atoms with Crippen LogP contribution in [0, 0.1) is 18.3 Å². The fraction of sp³-hybridized carbons (Fsp3) is 0.250. The first-order valence-electron chi connectivity index (χ1n) is 7.16. The van der Waals surface area contributed by atoms with Crippen molar-refractivity contribution in [2.24, 2.45) is 10.2 Å². The summed E-state index contributed by atoms with van der Waals surface area (Å²) < 4.78 is 39.1. The lowest BCUT2D eigenvalue weighted by Gasteiger charge is -2.10. The summed E-state index contributed by atoms with van der Waals surface area (Å²) in [7, 11) is 0. The largest absolute Gasteiger partial charge is 0.493 e. The van der Waals surface area contributed by atoms with E-state index in [2.05, 4.69) is 10.2 Å². The highest BCUT2D eigenvalue weighted by molar-refractivity contribution is 5.56. The van der Waals surface area contributed by atoms with Gasteiger partial charge in [-0.1, -0.05) is 6.07 Å².